The van der Waals surface area contributed by atoms with E-state index in [9.17, 15) is 0 Å². The van der Waals surface area contributed by atoms with Gasteiger partial charge in [0, 0.05) is 30.9 Å². The highest BCUT2D eigenvalue weighted by molar-refractivity contribution is 7.98. The molecule has 0 bridgehead atoms. The summed E-state index contributed by atoms with van der Waals surface area (Å²) < 4.78 is 2.03. The van der Waals surface area contributed by atoms with Crippen molar-refractivity contribution in [3.63, 3.8) is 0 Å². The number of nitrogens with one attached hydrogen (secondary N) is 1. The van der Waals surface area contributed by atoms with Crippen molar-refractivity contribution >= 4 is 11.8 Å². The van der Waals surface area contributed by atoms with Gasteiger partial charge in [-0.25, -0.2) is 4.98 Å². The third-order valence-corrected chi connectivity index (χ3v) is 3.44. The Morgan fingerprint density at radius 2 is 2.00 bits per heavy atom. The lowest BCUT2D eigenvalue weighted by Crippen LogP contribution is -2.15. The van der Waals surface area contributed by atoms with Crippen molar-refractivity contribution in [2.24, 2.45) is 7.05 Å². The topological polar surface area (TPSA) is 29.9 Å². The number of benzene rings is 1. The minimum absolute atomic E-state index is 0.799. The Morgan fingerprint density at radius 3 is 2.59 bits per heavy atom. The highest BCUT2D eigenvalue weighted by Crippen LogP contribution is 2.14. The van der Waals surface area contributed by atoms with Crippen LogP contribution < -0.4 is 5.32 Å². The van der Waals surface area contributed by atoms with E-state index in [2.05, 4.69) is 40.8 Å². The highest BCUT2D eigenvalue weighted by atomic mass is 32.2. The van der Waals surface area contributed by atoms with Gasteiger partial charge in [-0.3, -0.25) is 0 Å². The number of aromatic nitrogens is 2. The largest absolute Gasteiger partial charge is 0.337 e. The Labute approximate surface area is 106 Å². The van der Waals surface area contributed by atoms with Crippen molar-refractivity contribution in [3.8, 4) is 0 Å². The second-order valence-corrected chi connectivity index (χ2v) is 4.79. The van der Waals surface area contributed by atoms with E-state index in [0.29, 0.717) is 0 Å². The maximum absolute atomic E-state index is 4.27. The molecule has 0 spiro atoms. The summed E-state index contributed by atoms with van der Waals surface area (Å²) in [6.07, 6.45) is 5.88. The normalized spacial score (nSPS) is 10.7. The molecule has 1 aromatic carbocycles. The van der Waals surface area contributed by atoms with Gasteiger partial charge >= 0.3 is 0 Å². The zero-order chi connectivity index (χ0) is 12.1. The molecular weight excluding hydrogens is 230 g/mol. The second kappa shape index (κ2) is 5.89. The maximum Gasteiger partial charge on any atom is 0.122 e. The second-order valence-electron chi connectivity index (χ2n) is 3.91. The lowest BCUT2D eigenvalue weighted by Gasteiger charge is -2.05. The van der Waals surface area contributed by atoms with Crippen molar-refractivity contribution < 1.29 is 0 Å². The van der Waals surface area contributed by atoms with Crippen LogP contribution in [0.1, 0.15) is 11.4 Å². The number of aryl methyl sites for hydroxylation is 1. The predicted molar refractivity (Wildman–Crippen MR) is 72.0 cm³/mol. The number of hydrogen-bond donors (Lipinski definition) is 1. The van der Waals surface area contributed by atoms with E-state index < -0.39 is 0 Å². The molecule has 1 heterocycles. The first-order valence-electron chi connectivity index (χ1n) is 5.59. The van der Waals surface area contributed by atoms with Gasteiger partial charge in [-0.05, 0) is 24.0 Å². The monoisotopic (exact) mass is 247 g/mol. The van der Waals surface area contributed by atoms with Crippen molar-refractivity contribution in [3.05, 3.63) is 48.0 Å². The van der Waals surface area contributed by atoms with E-state index in [1.807, 2.05) is 24.0 Å². The van der Waals surface area contributed by atoms with Crippen LogP contribution >= 0.6 is 11.8 Å². The van der Waals surface area contributed by atoms with Gasteiger partial charge in [0.25, 0.3) is 0 Å². The Kier molecular flexibility index (Phi) is 4.23. The van der Waals surface area contributed by atoms with Gasteiger partial charge in [0.2, 0.25) is 0 Å². The maximum atomic E-state index is 4.27. The number of nitrogens with zero attached hydrogens (tertiary/aromatic N) is 2. The van der Waals surface area contributed by atoms with Crippen molar-refractivity contribution in [1.29, 1.82) is 0 Å². The minimum atomic E-state index is 0.799. The number of thioether (sulfide) groups is 1. The molecule has 0 aliphatic heterocycles. The zero-order valence-corrected chi connectivity index (χ0v) is 11.0. The first-order valence-corrected chi connectivity index (χ1v) is 6.82. The standard InChI is InChI=1S/C13H17N3S/c1-16-8-7-15-13(16)10-14-9-11-3-5-12(17-2)6-4-11/h3-8,14H,9-10H2,1-2H3. The Hall–Kier alpha value is -1.26. The molecule has 0 aliphatic carbocycles. The van der Waals surface area contributed by atoms with Gasteiger partial charge in [0.15, 0.2) is 0 Å². The van der Waals surface area contributed by atoms with Crippen LogP contribution in [0.5, 0.6) is 0 Å². The van der Waals surface area contributed by atoms with Crippen LogP contribution in [-0.4, -0.2) is 15.8 Å². The van der Waals surface area contributed by atoms with Gasteiger partial charge in [0.05, 0.1) is 6.54 Å². The number of hydrogen-bond acceptors (Lipinski definition) is 3. The zero-order valence-electron chi connectivity index (χ0n) is 10.2. The average Bonchev–Trinajstić information content (AvgIpc) is 2.76. The SMILES string of the molecule is CSc1ccc(CNCc2nccn2C)cc1. The van der Waals surface area contributed by atoms with Crippen molar-refractivity contribution in [1.82, 2.24) is 14.9 Å². The molecule has 90 valence electrons. The molecule has 1 aromatic heterocycles. The summed E-state index contributed by atoms with van der Waals surface area (Å²) in [5, 5.41) is 3.39. The molecule has 2 aromatic rings. The molecule has 0 unspecified atom stereocenters. The van der Waals surface area contributed by atoms with E-state index >= 15 is 0 Å². The van der Waals surface area contributed by atoms with Gasteiger partial charge in [0.1, 0.15) is 5.82 Å². The first-order chi connectivity index (χ1) is 8.29. The van der Waals surface area contributed by atoms with Gasteiger partial charge in [-0.2, -0.15) is 0 Å². The fraction of sp³-hybridized carbons (Fsp3) is 0.308. The van der Waals surface area contributed by atoms with Crippen LogP contribution in [0.25, 0.3) is 0 Å². The molecule has 0 radical (unpaired) electrons. The lowest BCUT2D eigenvalue weighted by atomic mass is 10.2. The fourth-order valence-corrected chi connectivity index (χ4v) is 2.04. The third-order valence-electron chi connectivity index (χ3n) is 2.69. The molecule has 3 nitrogen and oxygen atoms in total. The van der Waals surface area contributed by atoms with Gasteiger partial charge in [-0.1, -0.05) is 12.1 Å². The molecule has 17 heavy (non-hydrogen) atoms. The molecule has 1 N–H and O–H groups in total. The summed E-state index contributed by atoms with van der Waals surface area (Å²) in [5.41, 5.74) is 1.30. The Balaban J connectivity index is 1.83. The molecule has 0 amide bonds. The highest BCUT2D eigenvalue weighted by Gasteiger charge is 1.98. The van der Waals surface area contributed by atoms with Gasteiger partial charge in [-0.15, -0.1) is 11.8 Å². The average molecular weight is 247 g/mol. The summed E-state index contributed by atoms with van der Waals surface area (Å²) >= 11 is 1.77. The summed E-state index contributed by atoms with van der Waals surface area (Å²) in [6, 6.07) is 8.64. The molecule has 0 saturated heterocycles. The predicted octanol–water partition coefficient (Wildman–Crippen LogP) is 2.43. The molecule has 0 atom stereocenters. The summed E-state index contributed by atoms with van der Waals surface area (Å²) in [5.74, 6) is 1.06. The van der Waals surface area contributed by atoms with Crippen molar-refractivity contribution in [2.45, 2.75) is 18.0 Å². The minimum Gasteiger partial charge on any atom is -0.337 e. The van der Waals surface area contributed by atoms with E-state index in [1.54, 1.807) is 11.8 Å². The van der Waals surface area contributed by atoms with Crippen LogP contribution in [-0.2, 0) is 20.1 Å². The molecular formula is C13H17N3S. The quantitative estimate of drug-likeness (QED) is 0.823. The van der Waals surface area contributed by atoms with Crippen LogP contribution in [0.3, 0.4) is 0 Å². The van der Waals surface area contributed by atoms with Crippen molar-refractivity contribution in [2.75, 3.05) is 6.26 Å². The Bertz CT molecular complexity index is 462. The van der Waals surface area contributed by atoms with Crippen LogP contribution in [0.4, 0.5) is 0 Å². The first kappa shape index (κ1) is 12.2. The molecule has 0 saturated carbocycles. The van der Waals surface area contributed by atoms with E-state index in [1.165, 1.54) is 10.5 Å². The molecule has 2 rings (SSSR count). The summed E-state index contributed by atoms with van der Waals surface area (Å²) in [6.45, 7) is 1.68. The van der Waals surface area contributed by atoms with E-state index in [-0.39, 0.29) is 0 Å². The summed E-state index contributed by atoms with van der Waals surface area (Å²) in [4.78, 5) is 5.58. The van der Waals surface area contributed by atoms with Crippen LogP contribution in [0.15, 0.2) is 41.6 Å². The van der Waals surface area contributed by atoms with E-state index in [0.717, 1.165) is 18.9 Å². The Morgan fingerprint density at radius 1 is 1.24 bits per heavy atom. The smallest absolute Gasteiger partial charge is 0.122 e. The molecule has 4 heteroatoms. The molecule has 0 aliphatic rings. The van der Waals surface area contributed by atoms with Gasteiger partial charge < -0.3 is 9.88 Å². The lowest BCUT2D eigenvalue weighted by molar-refractivity contribution is 0.639. The fourth-order valence-electron chi connectivity index (χ4n) is 1.63. The third kappa shape index (κ3) is 3.35. The van der Waals surface area contributed by atoms with E-state index in [4.69, 9.17) is 0 Å². The van der Waals surface area contributed by atoms with Crippen LogP contribution in [0.2, 0.25) is 0 Å². The summed E-state index contributed by atoms with van der Waals surface area (Å²) in [7, 11) is 2.01. The number of imidazole rings is 1. The number of rotatable bonds is 5. The van der Waals surface area contributed by atoms with Crippen LogP contribution in [0, 0.1) is 0 Å². The molecule has 0 fully saturated rings.